The Kier molecular flexibility index (Phi) is 6.84. The molecule has 0 bridgehead atoms. The number of carbonyl (C=O) groups excluding carboxylic acids is 1. The zero-order chi connectivity index (χ0) is 21.3. The monoisotopic (exact) mass is 394 g/mol. The third-order valence-electron chi connectivity index (χ3n) is 4.69. The molecular weight excluding hydrogens is 374 g/mol. The molecule has 1 unspecified atom stereocenters. The second-order valence-corrected chi connectivity index (χ2v) is 6.65. The minimum Gasteiger partial charge on any atom is -0.390 e. The van der Waals surface area contributed by atoms with E-state index in [0.29, 0.717) is 28.9 Å². The summed E-state index contributed by atoms with van der Waals surface area (Å²) in [6.45, 7) is 8.10. The normalized spacial score (nSPS) is 11.9. The summed E-state index contributed by atoms with van der Waals surface area (Å²) in [7, 11) is 0. The largest absolute Gasteiger partial charge is 0.390 e. The topological polar surface area (TPSA) is 69.3 Å². The van der Waals surface area contributed by atoms with Crippen molar-refractivity contribution in [3.8, 4) is 6.07 Å². The molecule has 30 heavy (non-hydrogen) atoms. The van der Waals surface area contributed by atoms with Gasteiger partial charge >= 0.3 is 0 Å². The van der Waals surface area contributed by atoms with Crippen LogP contribution in [0, 0.1) is 17.9 Å². The lowest BCUT2D eigenvalue weighted by Crippen LogP contribution is -2.34. The lowest BCUT2D eigenvalue weighted by Gasteiger charge is -2.09. The van der Waals surface area contributed by atoms with Gasteiger partial charge in [-0.15, -0.1) is 0 Å². The first-order valence-corrected chi connectivity index (χ1v) is 9.44. The molecule has 146 valence electrons. The van der Waals surface area contributed by atoms with Gasteiger partial charge in [-0.05, 0) is 22.8 Å². The van der Waals surface area contributed by atoms with Crippen molar-refractivity contribution in [3.05, 3.63) is 113 Å². The molecule has 3 rings (SSSR count). The van der Waals surface area contributed by atoms with E-state index in [9.17, 15) is 10.1 Å². The first-order valence-electron chi connectivity index (χ1n) is 9.44. The Bertz CT molecular complexity index is 1120. The molecule has 5 nitrogen and oxygen atoms in total. The summed E-state index contributed by atoms with van der Waals surface area (Å²) < 4.78 is 1.86. The Morgan fingerprint density at radius 3 is 2.30 bits per heavy atom. The van der Waals surface area contributed by atoms with Crippen molar-refractivity contribution in [1.29, 1.82) is 5.26 Å². The minimum atomic E-state index is -0.891. The lowest BCUT2D eigenvalue weighted by molar-refractivity contribution is -0.698. The first kappa shape index (κ1) is 20.7. The summed E-state index contributed by atoms with van der Waals surface area (Å²) in [5.41, 5.74) is 3.14. The van der Waals surface area contributed by atoms with E-state index in [4.69, 9.17) is 11.7 Å². The van der Waals surface area contributed by atoms with Crippen molar-refractivity contribution in [3.63, 3.8) is 0 Å². The third-order valence-corrected chi connectivity index (χ3v) is 4.69. The molecule has 1 aromatic heterocycles. The molecule has 2 aromatic carbocycles. The number of rotatable bonds is 7. The summed E-state index contributed by atoms with van der Waals surface area (Å²) in [4.78, 5) is 16.3. The summed E-state index contributed by atoms with van der Waals surface area (Å²) in [5, 5.41) is 18.5. The Morgan fingerprint density at radius 2 is 1.73 bits per heavy atom. The van der Waals surface area contributed by atoms with Gasteiger partial charge in [-0.25, -0.2) is 9.41 Å². The van der Waals surface area contributed by atoms with Gasteiger partial charge in [-0.3, -0.25) is 4.79 Å². The van der Waals surface area contributed by atoms with Crippen LogP contribution in [0.5, 0.6) is 0 Å². The summed E-state index contributed by atoms with van der Waals surface area (Å²) in [6, 6.07) is 21.6. The van der Waals surface area contributed by atoms with Crippen molar-refractivity contribution in [2.24, 2.45) is 0 Å². The molecule has 0 saturated heterocycles. The van der Waals surface area contributed by atoms with Crippen LogP contribution in [0.1, 0.15) is 33.0 Å². The van der Waals surface area contributed by atoms with Gasteiger partial charge in [-0.1, -0.05) is 54.6 Å². The van der Waals surface area contributed by atoms with E-state index in [1.54, 1.807) is 54.6 Å². The van der Waals surface area contributed by atoms with Crippen LogP contribution < -0.4 is 4.57 Å². The molecule has 0 aliphatic rings. The lowest BCUT2D eigenvalue weighted by atomic mass is 9.91. The van der Waals surface area contributed by atoms with E-state index in [1.165, 1.54) is 0 Å². The zero-order valence-corrected chi connectivity index (χ0v) is 16.3. The van der Waals surface area contributed by atoms with Crippen molar-refractivity contribution < 1.29 is 14.5 Å². The Balaban J connectivity index is 1.83. The molecular formula is C25H20N3O2+. The number of nitrogens with zero attached hydrogens (tertiary/aromatic N) is 3. The number of nitriles is 1. The standard InChI is InChI=1S/C25H20N3O2/c1-27-24(17-19-11-13-28(14-12-19)15-16-29)21-9-7-20(8-10-21)23(18-26)25(30)22-5-3-2-4-6-22/h2-14,17,23,29H,15-16H2/q+1. The summed E-state index contributed by atoms with van der Waals surface area (Å²) in [5.74, 6) is -1.13. The molecule has 0 aliphatic carbocycles. The molecule has 0 spiro atoms. The zero-order valence-electron chi connectivity index (χ0n) is 16.3. The Labute approximate surface area is 175 Å². The number of hydrogen-bond donors (Lipinski definition) is 1. The molecule has 0 saturated carbocycles. The molecule has 0 aliphatic heterocycles. The van der Waals surface area contributed by atoms with Gasteiger partial charge in [0.15, 0.2) is 30.4 Å². The van der Waals surface area contributed by atoms with Crippen molar-refractivity contribution in [2.45, 2.75) is 12.5 Å². The number of aromatic nitrogens is 1. The van der Waals surface area contributed by atoms with Gasteiger partial charge in [0.05, 0.1) is 12.6 Å². The number of Topliss-reactive ketones (excluding diaryl/α,β-unsaturated/α-hetero) is 1. The van der Waals surface area contributed by atoms with Gasteiger partial charge < -0.3 is 5.11 Å². The van der Waals surface area contributed by atoms with Crippen LogP contribution in [-0.2, 0) is 6.54 Å². The predicted octanol–water partition coefficient (Wildman–Crippen LogP) is 3.87. The SMILES string of the molecule is [C-]#[N+]C(=Cc1cc[n+](CCO)cc1)c1ccc(C(C#N)C(=O)c2ccccc2)cc1. The summed E-state index contributed by atoms with van der Waals surface area (Å²) >= 11 is 0. The Morgan fingerprint density at radius 1 is 1.07 bits per heavy atom. The average Bonchev–Trinajstić information content (AvgIpc) is 2.80. The minimum absolute atomic E-state index is 0.0654. The fourth-order valence-corrected chi connectivity index (χ4v) is 3.07. The number of aliphatic hydroxyl groups is 1. The van der Waals surface area contributed by atoms with Crippen molar-refractivity contribution in [2.75, 3.05) is 6.61 Å². The van der Waals surface area contributed by atoms with Gasteiger partial charge in [0.25, 0.3) is 0 Å². The number of aliphatic hydroxyl groups excluding tert-OH is 1. The molecule has 0 radical (unpaired) electrons. The van der Waals surface area contributed by atoms with Crippen LogP contribution >= 0.6 is 0 Å². The van der Waals surface area contributed by atoms with Crippen LogP contribution in [0.3, 0.4) is 0 Å². The van der Waals surface area contributed by atoms with Crippen LogP contribution in [0.2, 0.25) is 0 Å². The second-order valence-electron chi connectivity index (χ2n) is 6.65. The highest BCUT2D eigenvalue weighted by atomic mass is 16.3. The number of pyridine rings is 1. The van der Waals surface area contributed by atoms with E-state index in [1.807, 2.05) is 35.2 Å². The van der Waals surface area contributed by atoms with E-state index in [0.717, 1.165) is 5.56 Å². The first-order chi connectivity index (χ1) is 14.7. The summed E-state index contributed by atoms with van der Waals surface area (Å²) in [6.07, 6.45) is 5.47. The fourth-order valence-electron chi connectivity index (χ4n) is 3.07. The van der Waals surface area contributed by atoms with Crippen molar-refractivity contribution >= 4 is 17.6 Å². The van der Waals surface area contributed by atoms with Crippen LogP contribution in [0.15, 0.2) is 79.1 Å². The van der Waals surface area contributed by atoms with Gasteiger partial charge in [0.1, 0.15) is 12.5 Å². The van der Waals surface area contributed by atoms with Crippen molar-refractivity contribution in [1.82, 2.24) is 0 Å². The molecule has 0 fully saturated rings. The highest BCUT2D eigenvalue weighted by molar-refractivity contribution is 6.02. The van der Waals surface area contributed by atoms with E-state index >= 15 is 0 Å². The maximum Gasteiger partial charge on any atom is 0.194 e. The molecule has 3 aromatic rings. The van der Waals surface area contributed by atoms with E-state index < -0.39 is 5.92 Å². The van der Waals surface area contributed by atoms with Crippen LogP contribution in [-0.4, -0.2) is 17.5 Å². The molecule has 1 N–H and O–H groups in total. The predicted molar refractivity (Wildman–Crippen MR) is 114 cm³/mol. The quantitative estimate of drug-likeness (QED) is 0.376. The fraction of sp³-hybridized carbons (Fsp3) is 0.120. The van der Waals surface area contributed by atoms with Gasteiger partial charge in [0, 0.05) is 17.7 Å². The number of carbonyl (C=O) groups is 1. The molecule has 1 heterocycles. The smallest absolute Gasteiger partial charge is 0.194 e. The maximum absolute atomic E-state index is 12.7. The maximum atomic E-state index is 12.7. The van der Waals surface area contributed by atoms with Gasteiger partial charge in [0.2, 0.25) is 0 Å². The van der Waals surface area contributed by atoms with Crippen LogP contribution in [0.25, 0.3) is 16.6 Å². The number of benzene rings is 2. The van der Waals surface area contributed by atoms with Gasteiger partial charge in [-0.2, -0.15) is 5.26 Å². The highest BCUT2D eigenvalue weighted by Crippen LogP contribution is 2.25. The molecule has 0 amide bonds. The number of hydrogen-bond acceptors (Lipinski definition) is 3. The second kappa shape index (κ2) is 9.93. The molecule has 1 atom stereocenters. The number of ketones is 1. The van der Waals surface area contributed by atoms with E-state index in [-0.39, 0.29) is 12.4 Å². The molecule has 5 heteroatoms. The average molecular weight is 394 g/mol. The highest BCUT2D eigenvalue weighted by Gasteiger charge is 2.21. The Hall–Kier alpha value is -4.06. The van der Waals surface area contributed by atoms with E-state index in [2.05, 4.69) is 10.9 Å². The third kappa shape index (κ3) is 4.86. The van der Waals surface area contributed by atoms with Crippen LogP contribution in [0.4, 0.5) is 0 Å².